The molecule has 0 bridgehead atoms. The first-order valence-electron chi connectivity index (χ1n) is 36.4. The number of hydrogen-bond acceptors (Lipinski definition) is 7. The summed E-state index contributed by atoms with van der Waals surface area (Å²) in [6, 6.07) is 0. The summed E-state index contributed by atoms with van der Waals surface area (Å²) >= 11 is 0. The number of ether oxygens (including phenoxy) is 4. The molecule has 0 saturated carbocycles. The van der Waals surface area contributed by atoms with Gasteiger partial charge in [0.15, 0.2) is 6.10 Å². The van der Waals surface area contributed by atoms with E-state index in [4.69, 9.17) is 18.9 Å². The van der Waals surface area contributed by atoms with Gasteiger partial charge in [-0.3, -0.25) is 9.59 Å². The number of esters is 2. The number of allylic oxidation sites excluding steroid dienone is 16. The Hall–Kier alpha value is -3.79. The van der Waals surface area contributed by atoms with Gasteiger partial charge < -0.3 is 28.5 Å². The van der Waals surface area contributed by atoms with Crippen LogP contribution in [0.25, 0.3) is 0 Å². The highest BCUT2D eigenvalue weighted by molar-refractivity contribution is 5.71. The summed E-state index contributed by atoms with van der Waals surface area (Å²) in [7, 11) is 5.98. The van der Waals surface area contributed by atoms with Gasteiger partial charge in [0.2, 0.25) is 0 Å². The molecule has 0 rings (SSSR count). The number of carboxylic acid groups (broad SMARTS) is 1. The van der Waals surface area contributed by atoms with Crippen molar-refractivity contribution < 1.29 is 42.9 Å². The van der Waals surface area contributed by atoms with E-state index < -0.39 is 24.3 Å². The number of aliphatic carboxylic acids is 1. The molecule has 87 heavy (non-hydrogen) atoms. The zero-order valence-corrected chi connectivity index (χ0v) is 57.4. The fourth-order valence-corrected chi connectivity index (χ4v) is 10.3. The van der Waals surface area contributed by atoms with Crippen LogP contribution in [-0.4, -0.2) is 87.4 Å². The molecule has 0 aromatic heterocycles. The van der Waals surface area contributed by atoms with Gasteiger partial charge in [0, 0.05) is 12.8 Å². The van der Waals surface area contributed by atoms with E-state index in [0.29, 0.717) is 23.9 Å². The van der Waals surface area contributed by atoms with Crippen LogP contribution >= 0.6 is 0 Å². The van der Waals surface area contributed by atoms with E-state index in [1.807, 2.05) is 21.1 Å². The lowest BCUT2D eigenvalue weighted by Crippen LogP contribution is -2.40. The highest BCUT2D eigenvalue weighted by Gasteiger charge is 2.25. The largest absolute Gasteiger partial charge is 0.477 e. The third kappa shape index (κ3) is 69.5. The molecule has 0 aromatic carbocycles. The van der Waals surface area contributed by atoms with Crippen molar-refractivity contribution in [1.82, 2.24) is 0 Å². The number of carboxylic acids is 1. The molecular weight excluding hydrogens is 1080 g/mol. The van der Waals surface area contributed by atoms with Crippen molar-refractivity contribution in [3.8, 4) is 0 Å². The number of carbonyl (C=O) groups is 3. The van der Waals surface area contributed by atoms with Crippen LogP contribution in [0.5, 0.6) is 0 Å². The van der Waals surface area contributed by atoms with Gasteiger partial charge >= 0.3 is 17.9 Å². The lowest BCUT2D eigenvalue weighted by Gasteiger charge is -2.25. The van der Waals surface area contributed by atoms with Gasteiger partial charge in [-0.15, -0.1) is 0 Å². The molecule has 2 atom stereocenters. The lowest BCUT2D eigenvalue weighted by molar-refractivity contribution is -0.870. The van der Waals surface area contributed by atoms with Crippen LogP contribution < -0.4 is 0 Å². The Morgan fingerprint density at radius 3 is 0.977 bits per heavy atom. The maximum absolute atomic E-state index is 12.9. The molecule has 0 aliphatic heterocycles. The summed E-state index contributed by atoms with van der Waals surface area (Å²) in [5.74, 6) is -2.01. The van der Waals surface area contributed by atoms with Crippen LogP contribution in [0.4, 0.5) is 0 Å². The van der Waals surface area contributed by atoms with Crippen LogP contribution in [0.2, 0.25) is 0 Å². The first-order chi connectivity index (χ1) is 42.6. The highest BCUT2D eigenvalue weighted by atomic mass is 16.7. The Labute approximate surface area is 537 Å². The molecule has 0 radical (unpaired) electrons. The first-order valence-corrected chi connectivity index (χ1v) is 36.4. The van der Waals surface area contributed by atoms with E-state index in [1.54, 1.807) is 0 Å². The maximum Gasteiger partial charge on any atom is 0.361 e. The van der Waals surface area contributed by atoms with Crippen molar-refractivity contribution in [3.05, 3.63) is 97.2 Å². The molecular formula is C78H138NO8+. The van der Waals surface area contributed by atoms with Gasteiger partial charge in [-0.05, 0) is 96.3 Å². The third-order valence-electron chi connectivity index (χ3n) is 15.8. The third-order valence-corrected chi connectivity index (χ3v) is 15.8. The molecule has 0 aliphatic carbocycles. The average Bonchev–Trinajstić information content (AvgIpc) is 3.56. The van der Waals surface area contributed by atoms with Crippen LogP contribution in [0.15, 0.2) is 97.2 Å². The number of hydrogen-bond donors (Lipinski definition) is 1. The molecule has 9 heteroatoms. The van der Waals surface area contributed by atoms with Gasteiger partial charge in [0.05, 0.1) is 34.4 Å². The molecule has 0 amide bonds. The van der Waals surface area contributed by atoms with E-state index in [0.717, 1.165) is 89.9 Å². The minimum Gasteiger partial charge on any atom is -0.477 e. The molecule has 9 nitrogen and oxygen atoms in total. The average molecular weight is 1220 g/mol. The normalized spacial score (nSPS) is 13.3. The Morgan fingerprint density at radius 2 is 0.655 bits per heavy atom. The summed E-state index contributed by atoms with van der Waals surface area (Å²) < 4.78 is 23.0. The molecule has 2 unspecified atom stereocenters. The molecule has 502 valence electrons. The second kappa shape index (κ2) is 68.1. The summed E-state index contributed by atoms with van der Waals surface area (Å²) in [5.41, 5.74) is 0. The summed E-state index contributed by atoms with van der Waals surface area (Å²) in [6.45, 7) is 4.77. The Morgan fingerprint density at radius 1 is 0.356 bits per heavy atom. The molecule has 0 fully saturated rings. The monoisotopic (exact) mass is 1220 g/mol. The second-order valence-electron chi connectivity index (χ2n) is 25.5. The molecule has 1 N–H and O–H groups in total. The minimum absolute atomic E-state index is 0.183. The SMILES string of the molecule is CC/C=C\C/C=C\C/C=C\C/C=C\C/C=C\C/C=C\CCCCCCCCCCC(=O)OC(COC(=O)CCCCCCCCCCCCCCCCCCCCCCCCC/C=C\C/C=C\CCCCCCC)COC(OCC[N+](C)(C)C)C(=O)O. The number of carbonyl (C=O) groups excluding carboxylic acids is 2. The van der Waals surface area contributed by atoms with E-state index in [2.05, 4.69) is 111 Å². The van der Waals surface area contributed by atoms with Crippen molar-refractivity contribution in [1.29, 1.82) is 0 Å². The zero-order valence-electron chi connectivity index (χ0n) is 57.4. The fourth-order valence-electron chi connectivity index (χ4n) is 10.3. The van der Waals surface area contributed by atoms with E-state index in [1.165, 1.54) is 199 Å². The Kier molecular flexibility index (Phi) is 65.2. The molecule has 0 spiro atoms. The van der Waals surface area contributed by atoms with Gasteiger partial charge in [-0.25, -0.2) is 4.79 Å². The van der Waals surface area contributed by atoms with Crippen LogP contribution in [-0.2, 0) is 33.3 Å². The van der Waals surface area contributed by atoms with Crippen LogP contribution in [0, 0.1) is 0 Å². The van der Waals surface area contributed by atoms with Crippen molar-refractivity contribution in [2.75, 3.05) is 47.5 Å². The Balaban J connectivity index is 4.07. The van der Waals surface area contributed by atoms with E-state index >= 15 is 0 Å². The molecule has 0 aliphatic rings. The van der Waals surface area contributed by atoms with E-state index in [-0.39, 0.29) is 32.2 Å². The standard InChI is InChI=1S/C78H137NO8/c1-6-8-10-12-14-16-18-20-22-24-26-28-30-32-34-35-36-37-38-39-40-41-43-44-46-48-50-52-54-56-58-60-62-64-66-68-75(80)85-72-74(73-86-78(77(82)83)84-71-70-79(3,4)5)87-76(81)69-67-65-63-61-59-57-55-53-51-49-47-45-42-33-31-29-27-25-23-21-19-17-15-13-11-9-7-2/h9,11,15,17-18,20-21,23-24,26-27,29,33,42,47,49,74,78H,6-8,10,12-14,16,19,22,25,28,30-32,34-41,43-46,48,50-73H2,1-5H3/p+1/b11-9-,17-15-,20-18-,23-21-,26-24-,29-27-,42-33-,49-47-. The zero-order chi connectivity index (χ0) is 63.3. The predicted molar refractivity (Wildman–Crippen MR) is 373 cm³/mol. The topological polar surface area (TPSA) is 108 Å². The van der Waals surface area contributed by atoms with Gasteiger partial charge in [-0.1, -0.05) is 310 Å². The minimum atomic E-state index is -1.52. The summed E-state index contributed by atoms with van der Waals surface area (Å²) in [6.07, 6.45) is 91.0. The first kappa shape index (κ1) is 83.2. The summed E-state index contributed by atoms with van der Waals surface area (Å²) in [4.78, 5) is 37.6. The van der Waals surface area contributed by atoms with Crippen LogP contribution in [0.3, 0.4) is 0 Å². The molecule has 0 saturated heterocycles. The Bertz CT molecular complexity index is 1750. The summed E-state index contributed by atoms with van der Waals surface area (Å²) in [5, 5.41) is 9.75. The number of rotatable bonds is 67. The van der Waals surface area contributed by atoms with Crippen molar-refractivity contribution in [2.45, 2.75) is 334 Å². The van der Waals surface area contributed by atoms with Crippen molar-refractivity contribution in [3.63, 3.8) is 0 Å². The highest BCUT2D eigenvalue weighted by Crippen LogP contribution is 2.18. The number of quaternary nitrogens is 1. The fraction of sp³-hybridized carbons (Fsp3) is 0.756. The lowest BCUT2D eigenvalue weighted by atomic mass is 10.0. The second-order valence-corrected chi connectivity index (χ2v) is 25.5. The predicted octanol–water partition coefficient (Wildman–Crippen LogP) is 22.8. The maximum atomic E-state index is 12.9. The smallest absolute Gasteiger partial charge is 0.361 e. The number of nitrogens with zero attached hydrogens (tertiary/aromatic N) is 1. The van der Waals surface area contributed by atoms with Crippen molar-refractivity contribution in [2.24, 2.45) is 0 Å². The molecule has 0 heterocycles. The van der Waals surface area contributed by atoms with E-state index in [9.17, 15) is 19.5 Å². The van der Waals surface area contributed by atoms with Gasteiger partial charge in [-0.2, -0.15) is 0 Å². The van der Waals surface area contributed by atoms with Gasteiger partial charge in [0.25, 0.3) is 6.29 Å². The number of likely N-dealkylation sites (N-methyl/N-ethyl adjacent to an activating group) is 1. The van der Waals surface area contributed by atoms with Gasteiger partial charge in [0.1, 0.15) is 13.2 Å². The quantitative estimate of drug-likeness (QED) is 0.0211. The number of unbranched alkanes of at least 4 members (excludes halogenated alkanes) is 36. The molecule has 0 aromatic rings. The van der Waals surface area contributed by atoms with Crippen LogP contribution in [0.1, 0.15) is 322 Å². The van der Waals surface area contributed by atoms with Crippen molar-refractivity contribution >= 4 is 17.9 Å².